The molecule has 7 heteroatoms. The third-order valence-corrected chi connectivity index (χ3v) is 3.61. The third kappa shape index (κ3) is 3.04. The number of alkyl halides is 2. The van der Waals surface area contributed by atoms with Crippen LogP contribution < -0.4 is 10.1 Å². The van der Waals surface area contributed by atoms with Gasteiger partial charge in [-0.1, -0.05) is 0 Å². The van der Waals surface area contributed by atoms with Crippen molar-refractivity contribution in [2.75, 3.05) is 5.32 Å². The van der Waals surface area contributed by atoms with Crippen molar-refractivity contribution in [1.29, 1.82) is 0 Å². The number of carbonyl (C=O) groups is 1. The molecular formula is C15H18F3NO3. The maximum absolute atomic E-state index is 13.9. The second-order valence-corrected chi connectivity index (χ2v) is 5.72. The molecule has 1 amide bonds. The molecule has 1 aliphatic rings. The highest BCUT2D eigenvalue weighted by Crippen LogP contribution is 2.44. The van der Waals surface area contributed by atoms with Crippen molar-refractivity contribution < 1.29 is 27.8 Å². The van der Waals surface area contributed by atoms with E-state index in [4.69, 9.17) is 4.74 Å². The standard InChI is InChI=1S/C15H18F3NO3/c1-9(2)22-10-4-5-12(11(16)8-10)19-13(20)15(17,18)14(21)6-3-7-14/h4-5,8-9,21H,3,6-7H2,1-2H3,(H,19,20). The number of hydrogen-bond acceptors (Lipinski definition) is 3. The Labute approximate surface area is 126 Å². The Hall–Kier alpha value is -1.76. The highest BCUT2D eigenvalue weighted by atomic mass is 19.3. The summed E-state index contributed by atoms with van der Waals surface area (Å²) in [5, 5.41) is 11.5. The van der Waals surface area contributed by atoms with Gasteiger partial charge in [0.15, 0.2) is 0 Å². The van der Waals surface area contributed by atoms with E-state index in [0.717, 1.165) is 12.1 Å². The maximum Gasteiger partial charge on any atom is 0.352 e. The molecule has 122 valence electrons. The minimum Gasteiger partial charge on any atom is -0.491 e. The summed E-state index contributed by atoms with van der Waals surface area (Å²) in [4.78, 5) is 11.7. The second-order valence-electron chi connectivity index (χ2n) is 5.72. The summed E-state index contributed by atoms with van der Waals surface area (Å²) in [6, 6.07) is 3.52. The molecular weight excluding hydrogens is 299 g/mol. The van der Waals surface area contributed by atoms with E-state index >= 15 is 0 Å². The zero-order chi connectivity index (χ0) is 16.5. The summed E-state index contributed by atoms with van der Waals surface area (Å²) >= 11 is 0. The van der Waals surface area contributed by atoms with Crippen molar-refractivity contribution in [2.24, 2.45) is 0 Å². The molecule has 4 nitrogen and oxygen atoms in total. The van der Waals surface area contributed by atoms with Crippen LogP contribution in [-0.4, -0.2) is 28.6 Å². The van der Waals surface area contributed by atoms with Gasteiger partial charge in [-0.25, -0.2) is 4.39 Å². The van der Waals surface area contributed by atoms with E-state index < -0.39 is 23.2 Å². The average molecular weight is 317 g/mol. The summed E-state index contributed by atoms with van der Waals surface area (Å²) in [7, 11) is 0. The molecule has 0 bridgehead atoms. The Morgan fingerprint density at radius 3 is 2.50 bits per heavy atom. The Balaban J connectivity index is 2.11. The molecule has 22 heavy (non-hydrogen) atoms. The van der Waals surface area contributed by atoms with Crippen LogP contribution in [0.4, 0.5) is 18.9 Å². The lowest BCUT2D eigenvalue weighted by molar-refractivity contribution is -0.212. The largest absolute Gasteiger partial charge is 0.491 e. The zero-order valence-corrected chi connectivity index (χ0v) is 12.3. The zero-order valence-electron chi connectivity index (χ0n) is 12.3. The fourth-order valence-corrected chi connectivity index (χ4v) is 2.18. The van der Waals surface area contributed by atoms with Crippen LogP contribution in [0.25, 0.3) is 0 Å². The van der Waals surface area contributed by atoms with Crippen LogP contribution in [0.15, 0.2) is 18.2 Å². The molecule has 0 aromatic heterocycles. The first kappa shape index (κ1) is 16.6. The molecule has 0 atom stereocenters. The number of carbonyl (C=O) groups excluding carboxylic acids is 1. The van der Waals surface area contributed by atoms with Gasteiger partial charge < -0.3 is 15.2 Å². The summed E-state index contributed by atoms with van der Waals surface area (Å²) < 4.78 is 46.9. The van der Waals surface area contributed by atoms with Crippen LogP contribution in [0.2, 0.25) is 0 Å². The van der Waals surface area contributed by atoms with Crippen molar-refractivity contribution in [2.45, 2.75) is 50.7 Å². The molecule has 1 fully saturated rings. The van der Waals surface area contributed by atoms with Gasteiger partial charge >= 0.3 is 5.92 Å². The van der Waals surface area contributed by atoms with Gasteiger partial charge in [-0.15, -0.1) is 0 Å². The van der Waals surface area contributed by atoms with Gasteiger partial charge in [0, 0.05) is 6.07 Å². The van der Waals surface area contributed by atoms with Gasteiger partial charge in [-0.05, 0) is 45.2 Å². The molecule has 0 unspecified atom stereocenters. The SMILES string of the molecule is CC(C)Oc1ccc(NC(=O)C(F)(F)C2(O)CCC2)c(F)c1. The van der Waals surface area contributed by atoms with Crippen LogP contribution in [0.5, 0.6) is 5.75 Å². The molecule has 1 aromatic rings. The maximum atomic E-state index is 13.9. The van der Waals surface area contributed by atoms with E-state index in [1.807, 2.05) is 5.32 Å². The number of nitrogens with one attached hydrogen (secondary N) is 1. The number of halogens is 3. The van der Waals surface area contributed by atoms with Crippen molar-refractivity contribution in [3.8, 4) is 5.75 Å². The Bertz CT molecular complexity index is 571. The van der Waals surface area contributed by atoms with Crippen molar-refractivity contribution in [1.82, 2.24) is 0 Å². The van der Waals surface area contributed by atoms with Gasteiger partial charge in [0.05, 0.1) is 11.8 Å². The molecule has 1 aromatic carbocycles. The van der Waals surface area contributed by atoms with Crippen LogP contribution >= 0.6 is 0 Å². The highest BCUT2D eigenvalue weighted by molar-refractivity contribution is 5.97. The Morgan fingerprint density at radius 1 is 1.41 bits per heavy atom. The summed E-state index contributed by atoms with van der Waals surface area (Å²) in [5.74, 6) is -6.34. The van der Waals surface area contributed by atoms with Crippen molar-refractivity contribution in [3.05, 3.63) is 24.0 Å². The van der Waals surface area contributed by atoms with E-state index in [1.165, 1.54) is 6.07 Å². The third-order valence-electron chi connectivity index (χ3n) is 3.61. The topological polar surface area (TPSA) is 58.6 Å². The van der Waals surface area contributed by atoms with Crippen LogP contribution in [0, 0.1) is 5.82 Å². The molecule has 1 aliphatic carbocycles. The first-order valence-corrected chi connectivity index (χ1v) is 7.03. The predicted octanol–water partition coefficient (Wildman–Crippen LogP) is 3.10. The fourth-order valence-electron chi connectivity index (χ4n) is 2.18. The molecule has 0 aliphatic heterocycles. The molecule has 0 saturated heterocycles. The van der Waals surface area contributed by atoms with Crippen LogP contribution in [0.1, 0.15) is 33.1 Å². The van der Waals surface area contributed by atoms with Crippen LogP contribution in [0.3, 0.4) is 0 Å². The minimum atomic E-state index is -3.97. The number of aliphatic hydroxyl groups is 1. The van der Waals surface area contributed by atoms with E-state index in [2.05, 4.69) is 0 Å². The molecule has 0 heterocycles. The first-order valence-electron chi connectivity index (χ1n) is 7.03. The summed E-state index contributed by atoms with van der Waals surface area (Å²) in [6.07, 6.45) is -0.0552. The van der Waals surface area contributed by atoms with Gasteiger partial charge in [0.25, 0.3) is 5.91 Å². The quantitative estimate of drug-likeness (QED) is 0.877. The normalized spacial score (nSPS) is 17.0. The molecule has 0 radical (unpaired) electrons. The van der Waals surface area contributed by atoms with E-state index in [-0.39, 0.29) is 30.4 Å². The highest BCUT2D eigenvalue weighted by Gasteiger charge is 2.61. The lowest BCUT2D eigenvalue weighted by atomic mass is 9.75. The monoisotopic (exact) mass is 317 g/mol. The van der Waals surface area contributed by atoms with Crippen molar-refractivity contribution in [3.63, 3.8) is 0 Å². The first-order chi connectivity index (χ1) is 10.2. The summed E-state index contributed by atoms with van der Waals surface area (Å²) in [6.45, 7) is 3.51. The van der Waals surface area contributed by atoms with Gasteiger partial charge in [-0.2, -0.15) is 8.78 Å². The minimum absolute atomic E-state index is 0.156. The fraction of sp³-hybridized carbons (Fsp3) is 0.533. The van der Waals surface area contributed by atoms with Gasteiger partial charge in [-0.3, -0.25) is 4.79 Å². The lowest BCUT2D eigenvalue weighted by Gasteiger charge is -2.41. The average Bonchev–Trinajstić information content (AvgIpc) is 2.38. The summed E-state index contributed by atoms with van der Waals surface area (Å²) in [5.41, 5.74) is -2.72. The molecule has 2 rings (SSSR count). The van der Waals surface area contributed by atoms with E-state index in [9.17, 15) is 23.1 Å². The second kappa shape index (κ2) is 5.79. The lowest BCUT2D eigenvalue weighted by Crippen LogP contribution is -2.59. The predicted molar refractivity (Wildman–Crippen MR) is 74.5 cm³/mol. The Morgan fingerprint density at radius 2 is 2.05 bits per heavy atom. The van der Waals surface area contributed by atoms with E-state index in [1.54, 1.807) is 13.8 Å². The van der Waals surface area contributed by atoms with E-state index in [0.29, 0.717) is 6.42 Å². The molecule has 2 N–H and O–H groups in total. The molecule has 1 saturated carbocycles. The van der Waals surface area contributed by atoms with Crippen molar-refractivity contribution >= 4 is 11.6 Å². The van der Waals surface area contributed by atoms with Crippen LogP contribution in [-0.2, 0) is 4.79 Å². The van der Waals surface area contributed by atoms with Gasteiger partial charge in [0.2, 0.25) is 0 Å². The van der Waals surface area contributed by atoms with Gasteiger partial charge in [0.1, 0.15) is 17.2 Å². The number of amides is 1. The number of ether oxygens (including phenoxy) is 1. The number of rotatable bonds is 5. The number of benzene rings is 1. The number of hydrogen-bond donors (Lipinski definition) is 2. The number of anilines is 1. The molecule has 0 spiro atoms. The smallest absolute Gasteiger partial charge is 0.352 e. The Kier molecular flexibility index (Phi) is 4.37.